The molecule has 23 heavy (non-hydrogen) atoms. The maximum absolute atomic E-state index is 5.86. The Balaban J connectivity index is 1.41. The largest absolute Gasteiger partial charge is 0.494 e. The highest BCUT2D eigenvalue weighted by Gasteiger charge is 2.12. The van der Waals surface area contributed by atoms with E-state index in [0.29, 0.717) is 0 Å². The molecule has 0 atom stereocenters. The molecule has 3 rings (SSSR count). The fourth-order valence-electron chi connectivity index (χ4n) is 2.87. The fourth-order valence-corrected chi connectivity index (χ4v) is 2.87. The Morgan fingerprint density at radius 3 is 2.48 bits per heavy atom. The normalized spacial score (nSPS) is 16.4. The maximum Gasteiger partial charge on any atom is 0.119 e. The van der Waals surface area contributed by atoms with Crippen molar-refractivity contribution in [3.63, 3.8) is 0 Å². The fraction of sp³-hybridized carbons (Fsp3) is 0.400. The third kappa shape index (κ3) is 4.81. The third-order valence-electron chi connectivity index (χ3n) is 4.38. The first-order valence-electron chi connectivity index (χ1n) is 8.41. The van der Waals surface area contributed by atoms with Crippen LogP contribution in [0.4, 0.5) is 0 Å². The summed E-state index contributed by atoms with van der Waals surface area (Å²) in [6, 6.07) is 19.5. The van der Waals surface area contributed by atoms with Crippen molar-refractivity contribution in [1.82, 2.24) is 9.80 Å². The number of nitrogens with zero attached hydrogens (tertiary/aromatic N) is 2. The molecule has 0 unspecified atom stereocenters. The lowest BCUT2D eigenvalue weighted by atomic mass is 10.1. The Bertz CT molecular complexity index is 574. The smallest absolute Gasteiger partial charge is 0.119 e. The van der Waals surface area contributed by atoms with Crippen LogP contribution in [0.2, 0.25) is 0 Å². The lowest BCUT2D eigenvalue weighted by Gasteiger charge is -2.32. The Morgan fingerprint density at radius 2 is 1.78 bits per heavy atom. The molecule has 121 valence electrons. The van der Waals surface area contributed by atoms with Gasteiger partial charge in [-0.25, -0.2) is 0 Å². The van der Waals surface area contributed by atoms with Gasteiger partial charge < -0.3 is 14.5 Å². The van der Waals surface area contributed by atoms with Gasteiger partial charge in [-0.05, 0) is 48.9 Å². The first-order valence-corrected chi connectivity index (χ1v) is 8.41. The molecule has 1 aliphatic rings. The third-order valence-corrected chi connectivity index (χ3v) is 4.38. The van der Waals surface area contributed by atoms with Crippen LogP contribution in [-0.4, -0.2) is 56.2 Å². The number of piperazine rings is 1. The minimum Gasteiger partial charge on any atom is -0.494 e. The molecule has 0 aromatic heterocycles. The molecule has 1 aliphatic heterocycles. The van der Waals surface area contributed by atoms with E-state index in [1.165, 1.54) is 37.3 Å². The zero-order valence-corrected chi connectivity index (χ0v) is 13.9. The van der Waals surface area contributed by atoms with Crippen LogP contribution in [0.25, 0.3) is 11.1 Å². The second kappa shape index (κ2) is 8.14. The van der Waals surface area contributed by atoms with Gasteiger partial charge in [0.1, 0.15) is 5.75 Å². The molecule has 2 aromatic carbocycles. The van der Waals surface area contributed by atoms with E-state index >= 15 is 0 Å². The molecule has 1 radical (unpaired) electrons. The molecule has 0 amide bonds. The molecular formula is C20H25N2O. The molecule has 1 saturated heterocycles. The minimum atomic E-state index is 0.783. The summed E-state index contributed by atoms with van der Waals surface area (Å²) in [4.78, 5) is 4.91. The van der Waals surface area contributed by atoms with E-state index in [2.05, 4.69) is 53.2 Å². The monoisotopic (exact) mass is 309 g/mol. The van der Waals surface area contributed by atoms with Gasteiger partial charge in [0.2, 0.25) is 0 Å². The number of hydrogen-bond donors (Lipinski definition) is 0. The molecule has 3 nitrogen and oxygen atoms in total. The Labute approximate surface area is 139 Å². The van der Waals surface area contributed by atoms with Gasteiger partial charge in [0.25, 0.3) is 0 Å². The van der Waals surface area contributed by atoms with Crippen molar-refractivity contribution < 1.29 is 4.74 Å². The molecule has 0 N–H and O–H groups in total. The van der Waals surface area contributed by atoms with Crippen molar-refractivity contribution in [1.29, 1.82) is 0 Å². The molecule has 0 saturated carbocycles. The predicted molar refractivity (Wildman–Crippen MR) is 94.8 cm³/mol. The van der Waals surface area contributed by atoms with Crippen molar-refractivity contribution in [3.8, 4) is 16.9 Å². The van der Waals surface area contributed by atoms with Crippen molar-refractivity contribution in [2.45, 2.75) is 6.42 Å². The van der Waals surface area contributed by atoms with E-state index in [-0.39, 0.29) is 0 Å². The van der Waals surface area contributed by atoms with Crippen LogP contribution >= 0.6 is 0 Å². The SMILES string of the molecule is CN1CCN(CCCOc2ccc(-c3c[c]ccc3)cc2)CC1. The van der Waals surface area contributed by atoms with Crippen LogP contribution in [0.5, 0.6) is 5.75 Å². The first kappa shape index (κ1) is 16.0. The zero-order valence-electron chi connectivity index (χ0n) is 13.9. The molecule has 1 heterocycles. The van der Waals surface area contributed by atoms with Gasteiger partial charge in [-0.2, -0.15) is 0 Å². The van der Waals surface area contributed by atoms with Gasteiger partial charge in [-0.15, -0.1) is 0 Å². The van der Waals surface area contributed by atoms with E-state index in [9.17, 15) is 0 Å². The average molecular weight is 309 g/mol. The van der Waals surface area contributed by atoms with Crippen molar-refractivity contribution in [2.75, 3.05) is 46.4 Å². The summed E-state index contributed by atoms with van der Waals surface area (Å²) >= 11 is 0. The molecule has 0 bridgehead atoms. The van der Waals surface area contributed by atoms with E-state index in [1.807, 2.05) is 18.2 Å². The van der Waals surface area contributed by atoms with Gasteiger partial charge in [0.15, 0.2) is 0 Å². The lowest BCUT2D eigenvalue weighted by molar-refractivity contribution is 0.145. The highest BCUT2D eigenvalue weighted by Crippen LogP contribution is 2.21. The molecule has 0 spiro atoms. The molecule has 3 heteroatoms. The van der Waals surface area contributed by atoms with Crippen molar-refractivity contribution in [3.05, 3.63) is 54.6 Å². The number of hydrogen-bond acceptors (Lipinski definition) is 3. The topological polar surface area (TPSA) is 15.7 Å². The highest BCUT2D eigenvalue weighted by atomic mass is 16.5. The molecular weight excluding hydrogens is 284 g/mol. The van der Waals surface area contributed by atoms with E-state index < -0.39 is 0 Å². The van der Waals surface area contributed by atoms with Crippen LogP contribution < -0.4 is 4.74 Å². The minimum absolute atomic E-state index is 0.783. The van der Waals surface area contributed by atoms with E-state index in [0.717, 1.165) is 25.3 Å². The van der Waals surface area contributed by atoms with Crippen LogP contribution in [0.1, 0.15) is 6.42 Å². The van der Waals surface area contributed by atoms with Crippen LogP contribution in [0.3, 0.4) is 0 Å². The van der Waals surface area contributed by atoms with Gasteiger partial charge in [0, 0.05) is 32.7 Å². The van der Waals surface area contributed by atoms with E-state index in [1.54, 1.807) is 0 Å². The lowest BCUT2D eigenvalue weighted by Crippen LogP contribution is -2.44. The summed E-state index contributed by atoms with van der Waals surface area (Å²) in [5, 5.41) is 0. The van der Waals surface area contributed by atoms with Gasteiger partial charge in [-0.3, -0.25) is 0 Å². The maximum atomic E-state index is 5.86. The number of rotatable bonds is 6. The first-order chi connectivity index (χ1) is 11.3. The molecule has 1 fully saturated rings. The second-order valence-corrected chi connectivity index (χ2v) is 6.16. The van der Waals surface area contributed by atoms with Gasteiger partial charge in [0.05, 0.1) is 6.61 Å². The van der Waals surface area contributed by atoms with Crippen LogP contribution in [-0.2, 0) is 0 Å². The number of ether oxygens (including phenoxy) is 1. The summed E-state index contributed by atoms with van der Waals surface area (Å²) in [7, 11) is 2.19. The van der Waals surface area contributed by atoms with Gasteiger partial charge in [-0.1, -0.05) is 30.3 Å². The number of likely N-dealkylation sites (N-methyl/N-ethyl adjacent to an activating group) is 1. The second-order valence-electron chi connectivity index (χ2n) is 6.16. The quantitative estimate of drug-likeness (QED) is 0.762. The standard InChI is InChI=1S/C20H25N2O/c1-21-13-15-22(16-14-21)12-5-17-23-20-10-8-19(9-11-20)18-6-3-2-4-7-18/h2-3,6-11H,5,12-17H2,1H3. The summed E-state index contributed by atoms with van der Waals surface area (Å²) in [5.41, 5.74) is 2.39. The van der Waals surface area contributed by atoms with Crippen molar-refractivity contribution >= 4 is 0 Å². The Kier molecular flexibility index (Phi) is 5.67. The summed E-state index contributed by atoms with van der Waals surface area (Å²) in [6.07, 6.45) is 1.08. The molecule has 2 aromatic rings. The van der Waals surface area contributed by atoms with E-state index in [4.69, 9.17) is 4.74 Å². The highest BCUT2D eigenvalue weighted by molar-refractivity contribution is 5.63. The summed E-state index contributed by atoms with van der Waals surface area (Å²) in [5.74, 6) is 0.951. The van der Waals surface area contributed by atoms with Crippen molar-refractivity contribution in [2.24, 2.45) is 0 Å². The summed E-state index contributed by atoms with van der Waals surface area (Å²) < 4.78 is 5.86. The number of benzene rings is 2. The average Bonchev–Trinajstić information content (AvgIpc) is 2.62. The predicted octanol–water partition coefficient (Wildman–Crippen LogP) is 3.17. The molecule has 0 aliphatic carbocycles. The van der Waals surface area contributed by atoms with Crippen LogP contribution in [0.15, 0.2) is 48.5 Å². The Hall–Kier alpha value is -1.84. The van der Waals surface area contributed by atoms with Crippen LogP contribution in [0, 0.1) is 6.07 Å². The zero-order chi connectivity index (χ0) is 15.9. The van der Waals surface area contributed by atoms with Gasteiger partial charge >= 0.3 is 0 Å². The summed E-state index contributed by atoms with van der Waals surface area (Å²) in [6.45, 7) is 6.63. The Morgan fingerprint density at radius 1 is 1.00 bits per heavy atom.